The van der Waals surface area contributed by atoms with E-state index in [0.29, 0.717) is 9.99 Å². The Balaban J connectivity index is 1.46. The summed E-state index contributed by atoms with van der Waals surface area (Å²) in [4.78, 5) is 14.3. The lowest BCUT2D eigenvalue weighted by Crippen LogP contribution is -3.14. The second kappa shape index (κ2) is 9.81. The Labute approximate surface area is 219 Å². The largest absolute Gasteiger partial charge is 0.608 e. The van der Waals surface area contributed by atoms with Gasteiger partial charge >= 0.3 is 22.4 Å². The highest BCUT2D eigenvalue weighted by Crippen LogP contribution is 2.39. The Bertz CT molecular complexity index is 1310. The summed E-state index contributed by atoms with van der Waals surface area (Å²) < 4.78 is 68.7. The van der Waals surface area contributed by atoms with Gasteiger partial charge in [-0.1, -0.05) is 6.07 Å². The molecule has 5 rings (SSSR count). The van der Waals surface area contributed by atoms with Gasteiger partial charge in [-0.3, -0.25) is 14.9 Å². The lowest BCUT2D eigenvalue weighted by atomic mass is 9.97. The van der Waals surface area contributed by atoms with Crippen molar-refractivity contribution in [2.45, 2.75) is 69.6 Å². The second-order valence-electron chi connectivity index (χ2n) is 10.4. The molecule has 10 nitrogen and oxygen atoms in total. The number of nitrogens with one attached hydrogen (secondary N) is 2. The Morgan fingerprint density at radius 1 is 1.16 bits per heavy atom. The van der Waals surface area contributed by atoms with Crippen LogP contribution in [0.3, 0.4) is 0 Å². The van der Waals surface area contributed by atoms with Crippen molar-refractivity contribution in [2.75, 3.05) is 23.2 Å². The van der Waals surface area contributed by atoms with Crippen molar-refractivity contribution < 1.29 is 30.9 Å². The predicted molar refractivity (Wildman–Crippen MR) is 134 cm³/mol. The number of likely N-dealkylation sites (tertiary alicyclic amines) is 1. The molecule has 2 N–H and O–H groups in total. The number of aromatic nitrogens is 2. The Morgan fingerprint density at radius 3 is 2.34 bits per heavy atom. The zero-order chi connectivity index (χ0) is 27.4. The maximum atomic E-state index is 13.7. The Hall–Kier alpha value is -2.68. The topological polar surface area (TPSA) is 115 Å². The minimum Gasteiger partial charge on any atom is -0.608 e. The first kappa shape index (κ1) is 26.9. The van der Waals surface area contributed by atoms with Crippen LogP contribution in [-0.4, -0.2) is 61.0 Å². The number of quaternary nitrogens is 1. The maximum Gasteiger partial charge on any atom is 0.436 e. The molecule has 1 aromatic heterocycles. The number of nitrogens with zero attached hydrogens (tertiary/aromatic N) is 4. The molecular weight excluding hydrogens is 525 g/mol. The van der Waals surface area contributed by atoms with Crippen LogP contribution in [0.4, 0.5) is 29.3 Å². The van der Waals surface area contributed by atoms with E-state index in [1.807, 2.05) is 0 Å². The van der Waals surface area contributed by atoms with E-state index < -0.39 is 45.4 Å². The second-order valence-corrected chi connectivity index (χ2v) is 12.1. The number of alkyl halides is 3. The number of hydrogen-bond acceptors (Lipinski definition) is 6. The van der Waals surface area contributed by atoms with Gasteiger partial charge in [0.15, 0.2) is 0 Å². The van der Waals surface area contributed by atoms with Gasteiger partial charge in [0.05, 0.1) is 23.6 Å². The van der Waals surface area contributed by atoms with Crippen LogP contribution in [0.5, 0.6) is 0 Å². The summed E-state index contributed by atoms with van der Waals surface area (Å²) in [6.07, 6.45) is 2.29. The molecule has 2 aliphatic carbocycles. The smallest absolute Gasteiger partial charge is 0.436 e. The summed E-state index contributed by atoms with van der Waals surface area (Å²) >= 11 is 0. The number of piperidine rings is 1. The average molecular weight is 557 g/mol. The highest BCUT2D eigenvalue weighted by Gasteiger charge is 2.49. The van der Waals surface area contributed by atoms with Crippen molar-refractivity contribution in [1.29, 1.82) is 0 Å². The fourth-order valence-corrected chi connectivity index (χ4v) is 7.49. The first-order chi connectivity index (χ1) is 17.9. The van der Waals surface area contributed by atoms with Gasteiger partial charge in [0.2, 0.25) is 0 Å². The normalized spacial score (nSPS) is 22.7. The standard InChI is InChI=1S/C24H31F3N6O4S/c1-30-10-9-17(12-21(30)24(25,26)27)32(18-13-28-31(2)14-18)38(36,37)33(35)23(34)29-22-19-7-3-5-15(19)11-16-6-4-8-20(16)22/h11,13-14,17,21,33H,3-10,12H2,1-2H3,(H,29,34). The van der Waals surface area contributed by atoms with Gasteiger partial charge < -0.3 is 5.21 Å². The molecule has 2 heterocycles. The molecule has 38 heavy (non-hydrogen) atoms. The minimum absolute atomic E-state index is 0.0379. The van der Waals surface area contributed by atoms with Gasteiger partial charge in [0.1, 0.15) is 6.04 Å². The molecule has 0 bridgehead atoms. The molecule has 0 spiro atoms. The van der Waals surface area contributed by atoms with Gasteiger partial charge in [-0.15, -0.1) is 0 Å². The third-order valence-corrected chi connectivity index (χ3v) is 9.57. The van der Waals surface area contributed by atoms with E-state index in [0.717, 1.165) is 65.7 Å². The fraction of sp³-hybridized carbons (Fsp3) is 0.583. The van der Waals surface area contributed by atoms with E-state index in [-0.39, 0.29) is 18.7 Å². The molecule has 1 saturated heterocycles. The van der Waals surface area contributed by atoms with Gasteiger partial charge in [0.25, 0.3) is 0 Å². The monoisotopic (exact) mass is 556 g/mol. The minimum atomic E-state index is -5.03. The number of hydrogen-bond donors (Lipinski definition) is 2. The van der Waals surface area contributed by atoms with E-state index in [9.17, 15) is 31.6 Å². The summed E-state index contributed by atoms with van der Waals surface area (Å²) in [5.41, 5.74) is 4.50. The zero-order valence-electron chi connectivity index (χ0n) is 21.2. The van der Waals surface area contributed by atoms with Crippen LogP contribution in [0, 0.1) is 5.21 Å². The highest BCUT2D eigenvalue weighted by molar-refractivity contribution is 7.86. The van der Waals surface area contributed by atoms with Gasteiger partial charge in [-0.2, -0.15) is 31.2 Å². The molecule has 3 unspecified atom stereocenters. The van der Waals surface area contributed by atoms with Crippen molar-refractivity contribution in [3.05, 3.63) is 45.9 Å². The molecule has 208 valence electrons. The van der Waals surface area contributed by atoms with Crippen LogP contribution in [0.2, 0.25) is 0 Å². The van der Waals surface area contributed by atoms with Crippen LogP contribution in [0.25, 0.3) is 0 Å². The number of amides is 2. The molecule has 0 radical (unpaired) electrons. The number of fused-ring (bicyclic) bond motifs is 2. The highest BCUT2D eigenvalue weighted by atomic mass is 32.2. The SMILES string of the molecule is CN1CCC(N(c2cnn(C)c2)S(=O)(=O)[NH+]([O-])C(=O)Nc2c3c(cc4c2CCC4)CCC3)CC1C(F)(F)F. The number of halogens is 3. The van der Waals surface area contributed by atoms with Crippen LogP contribution < -0.4 is 14.1 Å². The molecule has 3 aliphatic rings. The molecule has 1 aliphatic heterocycles. The van der Waals surface area contributed by atoms with E-state index >= 15 is 0 Å². The lowest BCUT2D eigenvalue weighted by Gasteiger charge is -2.42. The van der Waals surface area contributed by atoms with Gasteiger partial charge in [-0.05, 0) is 80.7 Å². The van der Waals surface area contributed by atoms with Crippen molar-refractivity contribution >= 4 is 27.6 Å². The van der Waals surface area contributed by atoms with Crippen molar-refractivity contribution in [2.24, 2.45) is 7.05 Å². The molecule has 14 heteroatoms. The van der Waals surface area contributed by atoms with E-state index in [2.05, 4.69) is 16.5 Å². The van der Waals surface area contributed by atoms with Crippen LogP contribution in [-0.2, 0) is 42.9 Å². The summed E-state index contributed by atoms with van der Waals surface area (Å²) in [6, 6.07) is -2.25. The number of rotatable bonds is 5. The molecule has 3 atom stereocenters. The first-order valence-corrected chi connectivity index (χ1v) is 14.1. The molecule has 1 fully saturated rings. The summed E-state index contributed by atoms with van der Waals surface area (Å²) in [5, 5.41) is 19.8. The van der Waals surface area contributed by atoms with Crippen LogP contribution in [0.1, 0.15) is 47.9 Å². The zero-order valence-corrected chi connectivity index (χ0v) is 22.0. The van der Waals surface area contributed by atoms with Gasteiger partial charge in [0, 0.05) is 19.8 Å². The molecule has 0 saturated carbocycles. The van der Waals surface area contributed by atoms with Gasteiger partial charge in [-0.25, -0.2) is 9.10 Å². The number of anilines is 2. The number of benzene rings is 1. The average Bonchev–Trinajstić information content (AvgIpc) is 3.60. The van der Waals surface area contributed by atoms with E-state index in [4.69, 9.17) is 0 Å². The lowest BCUT2D eigenvalue weighted by molar-refractivity contribution is -0.604. The number of urea groups is 1. The molecular formula is C24H31F3N6O4S. The third-order valence-electron chi connectivity index (χ3n) is 7.89. The fourth-order valence-electron chi connectivity index (χ4n) is 6.07. The number of carbonyl (C=O) groups is 1. The van der Waals surface area contributed by atoms with Crippen molar-refractivity contribution in [3.8, 4) is 0 Å². The molecule has 2 aromatic rings. The Morgan fingerprint density at radius 2 is 1.79 bits per heavy atom. The number of hydroxylamine groups is 1. The summed E-state index contributed by atoms with van der Waals surface area (Å²) in [7, 11) is -2.18. The summed E-state index contributed by atoms with van der Waals surface area (Å²) in [5.74, 6) is 0. The van der Waals surface area contributed by atoms with Crippen LogP contribution >= 0.6 is 0 Å². The van der Waals surface area contributed by atoms with Crippen molar-refractivity contribution in [1.82, 2.24) is 14.7 Å². The third kappa shape index (κ3) is 4.78. The van der Waals surface area contributed by atoms with E-state index in [1.165, 1.54) is 31.2 Å². The summed E-state index contributed by atoms with van der Waals surface area (Å²) in [6.45, 7) is -0.0379. The van der Waals surface area contributed by atoms with Crippen molar-refractivity contribution in [3.63, 3.8) is 0 Å². The number of carbonyl (C=O) groups excluding carboxylic acids is 1. The van der Waals surface area contributed by atoms with E-state index in [1.54, 1.807) is 0 Å². The van der Waals surface area contributed by atoms with Crippen LogP contribution in [0.15, 0.2) is 18.5 Å². The first-order valence-electron chi connectivity index (χ1n) is 12.7. The molecule has 2 amide bonds. The predicted octanol–water partition coefficient (Wildman–Crippen LogP) is 2.09. The molecule has 1 aromatic carbocycles. The Kier molecular flexibility index (Phi) is 6.95. The maximum absolute atomic E-state index is 13.7. The quantitative estimate of drug-likeness (QED) is 0.546. The number of aryl methyl sites for hydroxylation is 3.